The van der Waals surface area contributed by atoms with Crippen LogP contribution in [0.15, 0.2) is 63.2 Å². The molecule has 0 aliphatic carbocycles. The van der Waals surface area contributed by atoms with E-state index < -0.39 is 45.6 Å². The highest BCUT2D eigenvalue weighted by Gasteiger charge is 2.38. The van der Waals surface area contributed by atoms with Gasteiger partial charge in [-0.3, -0.25) is 19.2 Å². The van der Waals surface area contributed by atoms with Gasteiger partial charge in [-0.15, -0.1) is 0 Å². The first-order chi connectivity index (χ1) is 16.1. The van der Waals surface area contributed by atoms with Gasteiger partial charge in [0.05, 0.1) is 21.7 Å². The van der Waals surface area contributed by atoms with Crippen LogP contribution in [0, 0.1) is 5.92 Å². The summed E-state index contributed by atoms with van der Waals surface area (Å²) in [6, 6.07) is 12.0. The summed E-state index contributed by atoms with van der Waals surface area (Å²) in [5, 5.41) is 13.6. The number of carbonyl (C=O) groups excluding carboxylic acids is 1. The molecule has 4 rings (SSSR count). The number of amides is 1. The van der Waals surface area contributed by atoms with E-state index in [0.29, 0.717) is 18.5 Å². The maximum Gasteiger partial charge on any atom is 0.329 e. The minimum Gasteiger partial charge on any atom is -0.378 e. The molecule has 1 aromatic heterocycles. The zero-order valence-electron chi connectivity index (χ0n) is 18.5. The Morgan fingerprint density at radius 3 is 2.44 bits per heavy atom. The first-order valence-electron chi connectivity index (χ1n) is 10.6. The largest absolute Gasteiger partial charge is 0.378 e. The van der Waals surface area contributed by atoms with Crippen LogP contribution in [0.25, 0.3) is 11.0 Å². The number of hydrogen-bond acceptors (Lipinski definition) is 6. The Hall–Kier alpha value is -3.48. The Bertz CT molecular complexity index is 1420. The van der Waals surface area contributed by atoms with Crippen molar-refractivity contribution in [3.8, 4) is 0 Å². The molecule has 180 valence electrons. The van der Waals surface area contributed by atoms with Gasteiger partial charge in [-0.2, -0.15) is 4.99 Å². The Kier molecular flexibility index (Phi) is 6.30. The van der Waals surface area contributed by atoms with Crippen LogP contribution in [0.5, 0.6) is 0 Å². The number of aliphatic imine (C=N–C) groups is 1. The number of nitrogens with one attached hydrogen (secondary N) is 1. The number of aromatic nitrogens is 2. The summed E-state index contributed by atoms with van der Waals surface area (Å²) in [7, 11) is -2.21. The summed E-state index contributed by atoms with van der Waals surface area (Å²) >= 11 is 0. The van der Waals surface area contributed by atoms with Crippen molar-refractivity contribution < 1.29 is 18.3 Å². The second-order valence-corrected chi connectivity index (χ2v) is 10.3. The minimum absolute atomic E-state index is 0.0180. The van der Waals surface area contributed by atoms with E-state index in [1.165, 1.54) is 28.8 Å². The molecule has 2 aromatic carbocycles. The molecule has 2 heterocycles. The van der Waals surface area contributed by atoms with Crippen LogP contribution in [0.1, 0.15) is 22.8 Å². The number of nitrogens with two attached hydrogens (primary N) is 2. The van der Waals surface area contributed by atoms with E-state index in [-0.39, 0.29) is 16.1 Å². The number of guanidine groups is 1. The van der Waals surface area contributed by atoms with E-state index >= 15 is 0 Å². The number of aliphatic hydroxyl groups is 1. The van der Waals surface area contributed by atoms with Crippen molar-refractivity contribution in [1.82, 2.24) is 14.5 Å². The molecule has 0 radical (unpaired) electrons. The lowest BCUT2D eigenvalue weighted by Gasteiger charge is -2.36. The van der Waals surface area contributed by atoms with Crippen LogP contribution in [-0.4, -0.2) is 53.1 Å². The van der Waals surface area contributed by atoms with Crippen LogP contribution in [0.4, 0.5) is 0 Å². The van der Waals surface area contributed by atoms with E-state index in [2.05, 4.69) is 10.3 Å². The molecule has 1 aliphatic heterocycles. The third-order valence-corrected chi connectivity index (χ3v) is 7.94. The molecule has 6 N–H and O–H groups in total. The number of benzene rings is 2. The van der Waals surface area contributed by atoms with Gasteiger partial charge in [0.25, 0.3) is 5.91 Å². The smallest absolute Gasteiger partial charge is 0.329 e. The highest BCUT2D eigenvalue weighted by molar-refractivity contribution is 7.91. The van der Waals surface area contributed by atoms with E-state index in [0.717, 1.165) is 5.52 Å². The zero-order chi connectivity index (χ0) is 24.6. The molecule has 3 aromatic rings. The quantitative estimate of drug-likeness (QED) is 0.281. The van der Waals surface area contributed by atoms with Crippen molar-refractivity contribution >= 4 is 32.7 Å². The average molecular weight is 487 g/mol. The van der Waals surface area contributed by atoms with Gasteiger partial charge in [0.15, 0.2) is 15.8 Å². The van der Waals surface area contributed by atoms with E-state index in [9.17, 15) is 23.1 Å². The summed E-state index contributed by atoms with van der Waals surface area (Å²) in [5.74, 6) is -2.27. The molecule has 0 bridgehead atoms. The molecule has 1 amide bonds. The number of hydrogen-bond donors (Lipinski definition) is 4. The lowest BCUT2D eigenvalue weighted by atomic mass is 9.92. The van der Waals surface area contributed by atoms with Gasteiger partial charge in [-0.1, -0.05) is 12.1 Å². The molecule has 1 aliphatic rings. The first kappa shape index (κ1) is 23.7. The second kappa shape index (κ2) is 9.05. The van der Waals surface area contributed by atoms with Crippen molar-refractivity contribution in [3.05, 3.63) is 64.6 Å². The van der Waals surface area contributed by atoms with Gasteiger partial charge < -0.3 is 16.6 Å². The second-order valence-electron chi connectivity index (χ2n) is 8.27. The number of imidazole rings is 1. The number of aryl methyl sites for hydroxylation is 1. The summed E-state index contributed by atoms with van der Waals surface area (Å²) in [6.07, 6.45) is -0.654. The molecule has 1 saturated heterocycles. The Morgan fingerprint density at radius 1 is 1.15 bits per heavy atom. The molecular weight excluding hydrogens is 460 g/mol. The highest BCUT2D eigenvalue weighted by Crippen LogP contribution is 2.32. The van der Waals surface area contributed by atoms with Gasteiger partial charge in [0.1, 0.15) is 6.23 Å². The molecule has 0 saturated carbocycles. The molecule has 3 atom stereocenters. The maximum atomic E-state index is 13.3. The number of para-hydroxylation sites is 2. The van der Waals surface area contributed by atoms with Gasteiger partial charge >= 0.3 is 5.69 Å². The number of sulfone groups is 1. The fourth-order valence-corrected chi connectivity index (χ4v) is 6.11. The molecule has 1 fully saturated rings. The van der Waals surface area contributed by atoms with E-state index in [4.69, 9.17) is 11.5 Å². The Balaban J connectivity index is 1.68. The fraction of sp³-hybridized carbons (Fsp3) is 0.318. The number of piperidine rings is 1. The van der Waals surface area contributed by atoms with Gasteiger partial charge in [0.2, 0.25) is 0 Å². The third-order valence-electron chi connectivity index (χ3n) is 6.12. The molecule has 34 heavy (non-hydrogen) atoms. The third kappa shape index (κ3) is 4.34. The lowest BCUT2D eigenvalue weighted by Crippen LogP contribution is -2.50. The van der Waals surface area contributed by atoms with Gasteiger partial charge in [-0.25, -0.2) is 13.2 Å². The monoisotopic (exact) mass is 486 g/mol. The number of rotatable bonds is 5. The molecular formula is C22H26N6O5S. The summed E-state index contributed by atoms with van der Waals surface area (Å²) in [4.78, 5) is 28.4. The normalized spacial score (nSPS) is 20.8. The Labute approximate surface area is 195 Å². The average Bonchev–Trinajstić information content (AvgIpc) is 3.05. The lowest BCUT2D eigenvalue weighted by molar-refractivity contribution is 0.0303. The highest BCUT2D eigenvalue weighted by atomic mass is 32.2. The number of carbonyl (C=O) groups is 1. The number of fused-ring (bicyclic) bond motifs is 1. The van der Waals surface area contributed by atoms with E-state index in [1.54, 1.807) is 11.6 Å². The van der Waals surface area contributed by atoms with Crippen molar-refractivity contribution in [1.29, 1.82) is 0 Å². The summed E-state index contributed by atoms with van der Waals surface area (Å²) < 4.78 is 29.6. The summed E-state index contributed by atoms with van der Waals surface area (Å²) in [5.41, 5.74) is 11.7. The SMILES string of the molecule is Cn1c(=O)n(C2CCNC(O)C2CS(=O)(=O)c2ccc(C(=O)N=C(N)N)cc2)c2ccccc21. The van der Waals surface area contributed by atoms with Crippen LogP contribution in [0.2, 0.25) is 0 Å². The number of nitrogens with zero attached hydrogens (tertiary/aromatic N) is 3. The van der Waals surface area contributed by atoms with Crippen LogP contribution < -0.4 is 22.5 Å². The van der Waals surface area contributed by atoms with Crippen molar-refractivity contribution in [2.45, 2.75) is 23.6 Å². The van der Waals surface area contributed by atoms with Crippen molar-refractivity contribution in [2.24, 2.45) is 29.4 Å². The number of aliphatic hydroxyl groups excluding tert-OH is 1. The predicted octanol–water partition coefficient (Wildman–Crippen LogP) is -0.303. The predicted molar refractivity (Wildman–Crippen MR) is 127 cm³/mol. The molecule has 0 spiro atoms. The maximum absolute atomic E-state index is 13.3. The van der Waals surface area contributed by atoms with E-state index in [1.807, 2.05) is 24.3 Å². The van der Waals surface area contributed by atoms with Crippen molar-refractivity contribution in [3.63, 3.8) is 0 Å². The topological polar surface area (TPSA) is 175 Å². The fourth-order valence-electron chi connectivity index (χ4n) is 4.45. The standard InChI is InChI=1S/C22H26N6O5S/c1-27-17-4-2-3-5-18(17)28(22(27)31)16-10-11-25-20(30)15(16)12-34(32,33)14-8-6-13(7-9-14)19(29)26-21(23)24/h2-9,15-16,20,25,30H,10-12H2,1H3,(H4,23,24,26,29). The minimum atomic E-state index is -3.88. The van der Waals surface area contributed by atoms with Crippen molar-refractivity contribution in [2.75, 3.05) is 12.3 Å². The van der Waals surface area contributed by atoms with Gasteiger partial charge in [-0.05, 0) is 49.4 Å². The Morgan fingerprint density at radius 2 is 1.79 bits per heavy atom. The zero-order valence-corrected chi connectivity index (χ0v) is 19.3. The molecule has 12 heteroatoms. The van der Waals surface area contributed by atoms with Crippen LogP contribution in [0.3, 0.4) is 0 Å². The molecule has 3 unspecified atom stereocenters. The van der Waals surface area contributed by atoms with Crippen LogP contribution >= 0.6 is 0 Å². The van der Waals surface area contributed by atoms with Crippen LogP contribution in [-0.2, 0) is 16.9 Å². The molecule has 11 nitrogen and oxygen atoms in total. The van der Waals surface area contributed by atoms with Gasteiger partial charge in [0, 0.05) is 24.6 Å². The summed E-state index contributed by atoms with van der Waals surface area (Å²) in [6.45, 7) is 0.430. The first-order valence-corrected chi connectivity index (χ1v) is 12.3.